The maximum absolute atomic E-state index is 12.2. The van der Waals surface area contributed by atoms with Gasteiger partial charge in [0, 0.05) is 12.8 Å². The van der Waals surface area contributed by atoms with Gasteiger partial charge in [0.15, 0.2) is 0 Å². The van der Waals surface area contributed by atoms with E-state index in [1.807, 2.05) is 5.38 Å². The van der Waals surface area contributed by atoms with E-state index in [1.165, 1.54) is 11.3 Å². The third kappa shape index (κ3) is 3.07. The number of H-pyrrole nitrogens is 1. The zero-order chi connectivity index (χ0) is 14.9. The smallest absolute Gasteiger partial charge is 0.303 e. The minimum absolute atomic E-state index is 0.0828. The maximum Gasteiger partial charge on any atom is 0.303 e. The number of nitrogens with one attached hydrogen (secondary N) is 1. The Morgan fingerprint density at radius 3 is 2.75 bits per heavy atom. The molecule has 2 aromatic heterocycles. The van der Waals surface area contributed by atoms with Crippen molar-refractivity contribution in [2.75, 3.05) is 0 Å². The molecule has 0 aliphatic rings. The SMILES string of the molecule is CC(C)(C)c1csc2nc(CCCC(=O)O)[nH]c(=O)c12. The normalized spacial score (nSPS) is 11.9. The Bertz CT molecular complexity index is 694. The number of aromatic amines is 1. The fourth-order valence-corrected chi connectivity index (χ4v) is 3.26. The molecule has 6 heteroatoms. The first-order valence-corrected chi connectivity index (χ1v) is 7.39. The van der Waals surface area contributed by atoms with Crippen LogP contribution in [-0.4, -0.2) is 21.0 Å². The van der Waals surface area contributed by atoms with Gasteiger partial charge in [-0.1, -0.05) is 20.8 Å². The van der Waals surface area contributed by atoms with Gasteiger partial charge in [0.2, 0.25) is 0 Å². The van der Waals surface area contributed by atoms with Gasteiger partial charge in [-0.05, 0) is 22.8 Å². The Kier molecular flexibility index (Phi) is 3.94. The van der Waals surface area contributed by atoms with E-state index in [0.29, 0.717) is 24.1 Å². The predicted molar refractivity (Wildman–Crippen MR) is 79.5 cm³/mol. The van der Waals surface area contributed by atoms with Gasteiger partial charge in [-0.2, -0.15) is 0 Å². The van der Waals surface area contributed by atoms with Crippen LogP contribution < -0.4 is 5.56 Å². The number of aliphatic carboxylic acids is 1. The zero-order valence-corrected chi connectivity index (χ0v) is 12.6. The molecular weight excluding hydrogens is 276 g/mol. The molecule has 20 heavy (non-hydrogen) atoms. The van der Waals surface area contributed by atoms with Crippen molar-refractivity contribution < 1.29 is 9.90 Å². The number of thiophene rings is 1. The third-order valence-corrected chi connectivity index (χ3v) is 3.98. The molecule has 2 N–H and O–H groups in total. The summed E-state index contributed by atoms with van der Waals surface area (Å²) >= 11 is 1.46. The molecule has 0 aromatic carbocycles. The highest BCUT2D eigenvalue weighted by Gasteiger charge is 2.21. The van der Waals surface area contributed by atoms with Gasteiger partial charge >= 0.3 is 5.97 Å². The number of carbonyl (C=O) groups is 1. The monoisotopic (exact) mass is 294 g/mol. The lowest BCUT2D eigenvalue weighted by Crippen LogP contribution is -2.17. The Morgan fingerprint density at radius 1 is 1.45 bits per heavy atom. The van der Waals surface area contributed by atoms with Gasteiger partial charge < -0.3 is 10.1 Å². The Morgan fingerprint density at radius 2 is 2.15 bits per heavy atom. The summed E-state index contributed by atoms with van der Waals surface area (Å²) in [5, 5.41) is 11.3. The molecule has 0 aliphatic carbocycles. The van der Waals surface area contributed by atoms with E-state index < -0.39 is 5.97 Å². The molecule has 0 unspecified atom stereocenters. The van der Waals surface area contributed by atoms with Crippen molar-refractivity contribution in [1.29, 1.82) is 0 Å². The number of nitrogens with zero attached hydrogens (tertiary/aromatic N) is 1. The molecule has 0 amide bonds. The van der Waals surface area contributed by atoms with Crippen LogP contribution in [0.3, 0.4) is 0 Å². The second-order valence-corrected chi connectivity index (χ2v) is 6.70. The minimum atomic E-state index is -0.834. The van der Waals surface area contributed by atoms with Crippen molar-refractivity contribution >= 4 is 27.5 Å². The number of fused-ring (bicyclic) bond motifs is 1. The van der Waals surface area contributed by atoms with Crippen LogP contribution in [0.4, 0.5) is 0 Å². The zero-order valence-electron chi connectivity index (χ0n) is 11.8. The number of carboxylic acids is 1. The predicted octanol–water partition coefficient (Wildman–Crippen LogP) is 2.69. The first kappa shape index (κ1) is 14.7. The molecule has 0 bridgehead atoms. The molecule has 0 atom stereocenters. The number of rotatable bonds is 4. The molecule has 0 spiro atoms. The van der Waals surface area contributed by atoms with Gasteiger partial charge in [0.1, 0.15) is 10.7 Å². The lowest BCUT2D eigenvalue weighted by Gasteiger charge is -2.16. The fraction of sp³-hybridized carbons (Fsp3) is 0.500. The Hall–Kier alpha value is -1.69. The second kappa shape index (κ2) is 5.36. The van der Waals surface area contributed by atoms with Crippen LogP contribution in [-0.2, 0) is 16.6 Å². The largest absolute Gasteiger partial charge is 0.481 e. The molecule has 0 saturated heterocycles. The van der Waals surface area contributed by atoms with Crippen LogP contribution in [0.25, 0.3) is 10.2 Å². The molecule has 2 heterocycles. The van der Waals surface area contributed by atoms with Crippen LogP contribution >= 0.6 is 11.3 Å². The highest BCUT2D eigenvalue weighted by molar-refractivity contribution is 7.16. The summed E-state index contributed by atoms with van der Waals surface area (Å²) < 4.78 is 0. The van der Waals surface area contributed by atoms with Crippen LogP contribution in [0.2, 0.25) is 0 Å². The minimum Gasteiger partial charge on any atom is -0.481 e. The average Bonchev–Trinajstić information content (AvgIpc) is 2.72. The summed E-state index contributed by atoms with van der Waals surface area (Å²) in [6, 6.07) is 0. The van der Waals surface area contributed by atoms with Crippen molar-refractivity contribution in [1.82, 2.24) is 9.97 Å². The number of aromatic nitrogens is 2. The van der Waals surface area contributed by atoms with Crippen LogP contribution in [0.15, 0.2) is 10.2 Å². The molecule has 2 rings (SSSR count). The summed E-state index contributed by atoms with van der Waals surface area (Å²) in [5.41, 5.74) is 0.771. The molecule has 5 nitrogen and oxygen atoms in total. The van der Waals surface area contributed by atoms with Crippen molar-refractivity contribution in [2.45, 2.75) is 45.4 Å². The van der Waals surface area contributed by atoms with Gasteiger partial charge in [0.05, 0.1) is 5.39 Å². The van der Waals surface area contributed by atoms with Crippen LogP contribution in [0.1, 0.15) is 45.0 Å². The standard InChI is InChI=1S/C14H18N2O3S/c1-14(2,3)8-7-20-13-11(8)12(19)15-9(16-13)5-4-6-10(17)18/h7H,4-6H2,1-3H3,(H,17,18)(H,15,16,19). The molecule has 0 fully saturated rings. The molecule has 0 aliphatic heterocycles. The van der Waals surface area contributed by atoms with E-state index in [9.17, 15) is 9.59 Å². The molecule has 0 radical (unpaired) electrons. The number of hydrogen-bond acceptors (Lipinski definition) is 4. The van der Waals surface area contributed by atoms with Crippen molar-refractivity contribution in [2.24, 2.45) is 0 Å². The topological polar surface area (TPSA) is 83.0 Å². The Balaban J connectivity index is 2.35. The van der Waals surface area contributed by atoms with E-state index in [0.717, 1.165) is 10.4 Å². The van der Waals surface area contributed by atoms with Crippen molar-refractivity contribution in [3.63, 3.8) is 0 Å². The fourth-order valence-electron chi connectivity index (χ4n) is 2.07. The average molecular weight is 294 g/mol. The second-order valence-electron chi connectivity index (χ2n) is 5.84. The molecule has 0 saturated carbocycles. The van der Waals surface area contributed by atoms with Gasteiger partial charge in [-0.25, -0.2) is 4.98 Å². The van der Waals surface area contributed by atoms with Gasteiger partial charge in [-0.15, -0.1) is 11.3 Å². The highest BCUT2D eigenvalue weighted by Crippen LogP contribution is 2.31. The van der Waals surface area contributed by atoms with Crippen molar-refractivity contribution in [3.8, 4) is 0 Å². The van der Waals surface area contributed by atoms with Gasteiger partial charge in [-0.3, -0.25) is 9.59 Å². The van der Waals surface area contributed by atoms with Crippen LogP contribution in [0.5, 0.6) is 0 Å². The van der Waals surface area contributed by atoms with E-state index in [-0.39, 0.29) is 17.4 Å². The Labute approximate surface area is 120 Å². The third-order valence-electron chi connectivity index (χ3n) is 3.11. The van der Waals surface area contributed by atoms with E-state index >= 15 is 0 Å². The molecule has 108 valence electrons. The lowest BCUT2D eigenvalue weighted by atomic mass is 9.87. The molecular formula is C14H18N2O3S. The van der Waals surface area contributed by atoms with Crippen molar-refractivity contribution in [3.05, 3.63) is 27.1 Å². The summed E-state index contributed by atoms with van der Waals surface area (Å²) in [7, 11) is 0. The van der Waals surface area contributed by atoms with Gasteiger partial charge in [0.25, 0.3) is 5.56 Å². The van der Waals surface area contributed by atoms with Crippen LogP contribution in [0, 0.1) is 0 Å². The summed E-state index contributed by atoms with van der Waals surface area (Å²) in [4.78, 5) is 30.6. The first-order chi connectivity index (χ1) is 9.29. The number of hydrogen-bond donors (Lipinski definition) is 2. The maximum atomic E-state index is 12.2. The summed E-state index contributed by atoms with van der Waals surface area (Å²) in [6.45, 7) is 6.19. The lowest BCUT2D eigenvalue weighted by molar-refractivity contribution is -0.137. The van der Waals surface area contributed by atoms with E-state index in [4.69, 9.17) is 5.11 Å². The first-order valence-electron chi connectivity index (χ1n) is 6.51. The quantitative estimate of drug-likeness (QED) is 0.908. The molecule has 2 aromatic rings. The summed E-state index contributed by atoms with van der Waals surface area (Å²) in [6.07, 6.45) is 1.03. The van der Waals surface area contributed by atoms with E-state index in [1.54, 1.807) is 0 Å². The highest BCUT2D eigenvalue weighted by atomic mass is 32.1. The number of carboxylic acid groups (broad SMARTS) is 1. The number of aryl methyl sites for hydroxylation is 1. The van der Waals surface area contributed by atoms with E-state index in [2.05, 4.69) is 30.7 Å². The summed E-state index contributed by atoms with van der Waals surface area (Å²) in [5.74, 6) is -0.273.